The van der Waals surface area contributed by atoms with Gasteiger partial charge in [0.25, 0.3) is 11.3 Å². The number of quaternary nitrogens is 1. The number of rotatable bonds is 27. The molecule has 0 aromatic rings. The third-order valence-corrected chi connectivity index (χ3v) is 12.4. The monoisotopic (exact) mass is 1210 g/mol. The van der Waals surface area contributed by atoms with Crippen molar-refractivity contribution in [1.82, 2.24) is 14.3 Å². The van der Waals surface area contributed by atoms with Gasteiger partial charge in [-0.1, -0.05) is 20.3 Å². The first-order valence-corrected chi connectivity index (χ1v) is 24.4. The minimum Gasteiger partial charge on any atom is -0.549 e. The first-order chi connectivity index (χ1) is 31.8. The van der Waals surface area contributed by atoms with Gasteiger partial charge in [-0.2, -0.15) is 79.0 Å². The Hall–Kier alpha value is -1.47. The summed E-state index contributed by atoms with van der Waals surface area (Å²) in [6.45, 7) is 2.28. The fourth-order valence-corrected chi connectivity index (χ4v) is 7.89. The van der Waals surface area contributed by atoms with Gasteiger partial charge in [0.1, 0.15) is 6.54 Å². The van der Waals surface area contributed by atoms with E-state index in [0.29, 0.717) is 13.0 Å². The number of nitrogens with zero attached hydrogens (tertiary/aromatic N) is 2. The maximum absolute atomic E-state index is 13.7. The van der Waals surface area contributed by atoms with Crippen molar-refractivity contribution in [3.05, 3.63) is 0 Å². The standard InChI is InChI=1S/C17H26F10N2O4S.C15H24F10N2O2S.C2H3ClO2.C2H6O.CH4.Na/c1-29(2,11-13(30)31)8-5-7-28-34(32,33)9-4-3-6-12(15(19,20)21)10-14(18,16(22,23)24)17(25,26)27;1-27(2)8-5-7-26-30(28,29)9-4-3-6-11(13(17,18)19)10-12(16,14(20,21)22)15(23,24)25;3-1-2(4)5;1-2-3;;/h12,28H,3-11H2,1-2H3;11,26H,3-10H2,1-2H3;1H2,(H,4,5);3H,2H2,1H3;1H4;/q;;;;;+1/p-1. The smallest absolute Gasteiger partial charge is 0.549 e. The Kier molecular flexibility index (Phi) is 39.9. The first-order valence-electron chi connectivity index (χ1n) is 20.6. The molecule has 0 saturated heterocycles. The summed E-state index contributed by atoms with van der Waals surface area (Å²) in [5.74, 6) is -11.0. The zero-order valence-corrected chi connectivity index (χ0v) is 44.3. The second-order valence-corrected chi connectivity index (χ2v) is 20.5. The molecule has 0 spiro atoms. The number of alkyl halides is 21. The molecule has 0 aliphatic carbocycles. The van der Waals surface area contributed by atoms with Crippen LogP contribution < -0.4 is 49.2 Å². The van der Waals surface area contributed by atoms with Crippen molar-refractivity contribution < 1.29 is 164 Å². The van der Waals surface area contributed by atoms with E-state index in [4.69, 9.17) is 15.0 Å². The van der Waals surface area contributed by atoms with E-state index in [1.165, 1.54) is 0 Å². The molecule has 0 heterocycles. The first kappa shape index (κ1) is 83.8. The van der Waals surface area contributed by atoms with Gasteiger partial charge in [0.05, 0.1) is 61.8 Å². The predicted molar refractivity (Wildman–Crippen MR) is 221 cm³/mol. The van der Waals surface area contributed by atoms with Crippen LogP contribution in [0, 0.1) is 11.8 Å². The summed E-state index contributed by atoms with van der Waals surface area (Å²) in [5, 5.41) is 27.3. The van der Waals surface area contributed by atoms with Crippen LogP contribution in [0.4, 0.5) is 87.8 Å². The Labute approximate surface area is 443 Å². The van der Waals surface area contributed by atoms with Crippen molar-refractivity contribution in [2.45, 2.75) is 127 Å². The molecule has 74 heavy (non-hydrogen) atoms. The quantitative estimate of drug-likeness (QED) is 0.0359. The van der Waals surface area contributed by atoms with E-state index in [2.05, 4.69) is 21.0 Å². The molecule has 0 aromatic heterocycles. The van der Waals surface area contributed by atoms with Crippen LogP contribution in [0.15, 0.2) is 0 Å². The summed E-state index contributed by atoms with van der Waals surface area (Å²) in [6, 6.07) is 0. The van der Waals surface area contributed by atoms with Gasteiger partial charge in [-0.15, -0.1) is 11.6 Å². The van der Waals surface area contributed by atoms with Crippen LogP contribution in [0.1, 0.15) is 78.6 Å². The summed E-state index contributed by atoms with van der Waals surface area (Å²) in [6.07, 6.45) is -47.7. The summed E-state index contributed by atoms with van der Waals surface area (Å²) < 4.78 is 307. The molecule has 0 amide bonds. The summed E-state index contributed by atoms with van der Waals surface area (Å²) in [7, 11) is -1.33. The average Bonchev–Trinajstić information content (AvgIpc) is 3.15. The maximum atomic E-state index is 13.7. The van der Waals surface area contributed by atoms with Crippen molar-refractivity contribution >= 4 is 43.6 Å². The van der Waals surface area contributed by atoms with Crippen LogP contribution in [0.25, 0.3) is 0 Å². The summed E-state index contributed by atoms with van der Waals surface area (Å²) >= 11 is 4.67. The van der Waals surface area contributed by atoms with Crippen LogP contribution >= 0.6 is 11.6 Å². The van der Waals surface area contributed by atoms with Crippen LogP contribution in [0.3, 0.4) is 0 Å². The number of hydrogen-bond acceptors (Lipinski definition) is 10. The number of nitrogens with one attached hydrogen (secondary N) is 2. The van der Waals surface area contributed by atoms with E-state index in [1.807, 2.05) is 0 Å². The molecule has 0 bridgehead atoms. The number of aliphatic hydroxyl groups excluding tert-OH is 1. The third kappa shape index (κ3) is 36.6. The number of hydrogen-bond donors (Lipinski definition) is 3. The molecule has 3 N–H and O–H groups in total. The van der Waals surface area contributed by atoms with Crippen LogP contribution in [-0.2, 0) is 29.6 Å². The molecular weight excluding hydrogens is 1150 g/mol. The van der Waals surface area contributed by atoms with Crippen LogP contribution in [-0.4, -0.2) is 177 Å². The van der Waals surface area contributed by atoms with Crippen LogP contribution in [0.2, 0.25) is 0 Å². The molecule has 0 aliphatic heterocycles. The Morgan fingerprint density at radius 3 is 1.11 bits per heavy atom. The predicted octanol–water partition coefficient (Wildman–Crippen LogP) is 3.74. The Morgan fingerprint density at radius 1 is 0.595 bits per heavy atom. The largest absolute Gasteiger partial charge is 1.00 e. The summed E-state index contributed by atoms with van der Waals surface area (Å²) in [5.41, 5.74) is -12.1. The molecule has 2 atom stereocenters. The number of carboxylic acids is 2. The van der Waals surface area contributed by atoms with E-state index >= 15 is 0 Å². The SMILES string of the molecule is C.CCO.CN(C)CCCNS(=O)(=O)CCCCC(CC(F)(C(F)(F)F)C(F)(F)F)C(F)(F)F.C[N+](C)(CCCNS(=O)(=O)CCCCC(CC(F)(C(F)(F)F)C(F)(F)F)C(F)(F)F)CC(=O)[O-].O=C([O-])CCl.[Na+]. The van der Waals surface area contributed by atoms with Crippen molar-refractivity contribution in [3.63, 3.8) is 0 Å². The minimum atomic E-state index is -6.63. The zero-order valence-electron chi connectivity index (χ0n) is 40.0. The maximum Gasteiger partial charge on any atom is 1.00 e. The normalized spacial score (nSPS) is 14.2. The molecular formula is C37H62ClF20N4NaO9S2. The Morgan fingerprint density at radius 2 is 0.878 bits per heavy atom. The van der Waals surface area contributed by atoms with Gasteiger partial charge in [0, 0.05) is 39.0 Å². The molecule has 37 heteroatoms. The number of likely N-dealkylation sites (N-methyl/N-ethyl adjacent to an activating group) is 1. The molecule has 0 saturated carbocycles. The Bertz CT molecular complexity index is 1740. The molecule has 444 valence electrons. The van der Waals surface area contributed by atoms with E-state index in [9.17, 15) is 115 Å². The number of carbonyl (C=O) groups excluding carboxylic acids is 2. The van der Waals surface area contributed by atoms with E-state index in [-0.39, 0.29) is 80.7 Å². The number of carbonyl (C=O) groups is 2. The number of unbranched alkanes of at least 4 members (excludes halogenated alkanes) is 2. The fourth-order valence-electron chi connectivity index (χ4n) is 5.52. The fraction of sp³-hybridized carbons (Fsp3) is 0.946. The molecule has 2 unspecified atom stereocenters. The van der Waals surface area contributed by atoms with E-state index < -0.39 is 161 Å². The molecule has 0 fully saturated rings. The van der Waals surface area contributed by atoms with Crippen LogP contribution in [0.5, 0.6) is 0 Å². The topological polar surface area (TPSA) is 196 Å². The van der Waals surface area contributed by atoms with Gasteiger partial charge in [-0.25, -0.2) is 35.1 Å². The number of aliphatic hydroxyl groups is 1. The number of carboxylic acid groups (broad SMARTS) is 2. The van der Waals surface area contributed by atoms with Gasteiger partial charge in [0.15, 0.2) is 0 Å². The third-order valence-electron chi connectivity index (χ3n) is 9.24. The second kappa shape index (κ2) is 35.2. The van der Waals surface area contributed by atoms with Gasteiger partial charge in [-0.3, -0.25) is 0 Å². The van der Waals surface area contributed by atoms with Crippen molar-refractivity contribution in [2.24, 2.45) is 11.8 Å². The van der Waals surface area contributed by atoms with Crippen molar-refractivity contribution in [1.29, 1.82) is 0 Å². The number of aliphatic carboxylic acids is 2. The van der Waals surface area contributed by atoms with Crippen molar-refractivity contribution in [3.8, 4) is 0 Å². The minimum absolute atomic E-state index is 0. The zero-order chi connectivity index (χ0) is 58.2. The number of sulfonamides is 2. The van der Waals surface area contributed by atoms with E-state index in [1.54, 1.807) is 40.0 Å². The van der Waals surface area contributed by atoms with Gasteiger partial charge >= 0.3 is 66.6 Å². The number of halogens is 21. The van der Waals surface area contributed by atoms with E-state index in [0.717, 1.165) is 0 Å². The second-order valence-electron chi connectivity index (χ2n) is 16.4. The van der Waals surface area contributed by atoms with Gasteiger partial charge in [0.2, 0.25) is 20.0 Å². The summed E-state index contributed by atoms with van der Waals surface area (Å²) in [4.78, 5) is 21.5. The molecule has 0 radical (unpaired) electrons. The van der Waals surface area contributed by atoms with Gasteiger partial charge < -0.3 is 34.3 Å². The van der Waals surface area contributed by atoms with Gasteiger partial charge in [-0.05, 0) is 59.7 Å². The Balaban J connectivity index is -0.000000267. The molecule has 0 aliphatic rings. The molecule has 13 nitrogen and oxygen atoms in total. The average molecular weight is 1210 g/mol. The molecule has 0 aromatic carbocycles. The molecule has 0 rings (SSSR count). The van der Waals surface area contributed by atoms with Crippen molar-refractivity contribution in [2.75, 3.05) is 84.9 Å².